The smallest absolute Gasteiger partial charge is 0.343 e. The first-order chi connectivity index (χ1) is 13.7. The van der Waals surface area contributed by atoms with E-state index in [1.807, 2.05) is 24.3 Å². The maximum atomic E-state index is 12.2. The summed E-state index contributed by atoms with van der Waals surface area (Å²) in [6.07, 6.45) is 1.89. The number of nitrogens with zero attached hydrogens (tertiary/aromatic N) is 3. The third-order valence-corrected chi connectivity index (χ3v) is 5.51. The molecule has 0 aliphatic carbocycles. The van der Waals surface area contributed by atoms with Gasteiger partial charge >= 0.3 is 5.69 Å². The molecule has 3 rings (SSSR count). The molecule has 152 valence electrons. The monoisotopic (exact) mass is 405 g/mol. The lowest BCUT2D eigenvalue weighted by atomic mass is 10.2. The van der Waals surface area contributed by atoms with Gasteiger partial charge in [0.05, 0.1) is 19.0 Å². The van der Waals surface area contributed by atoms with Crippen molar-refractivity contribution in [2.24, 2.45) is 0 Å². The zero-order valence-electron chi connectivity index (χ0n) is 16.1. The minimum Gasteiger partial charge on any atom is -0.379 e. The highest BCUT2D eigenvalue weighted by atomic mass is 32.2. The summed E-state index contributed by atoms with van der Waals surface area (Å²) in [6, 6.07) is 7.91. The van der Waals surface area contributed by atoms with Crippen LogP contribution in [0.4, 0.5) is 5.69 Å². The van der Waals surface area contributed by atoms with Gasteiger partial charge in [-0.15, -0.1) is 5.10 Å². The summed E-state index contributed by atoms with van der Waals surface area (Å²) in [7, 11) is 0. The molecule has 0 atom stereocenters. The normalized spacial score (nSPS) is 14.9. The molecule has 2 heterocycles. The number of rotatable bonds is 9. The van der Waals surface area contributed by atoms with Gasteiger partial charge in [-0.05, 0) is 24.1 Å². The average molecular weight is 406 g/mol. The van der Waals surface area contributed by atoms with Gasteiger partial charge in [0.1, 0.15) is 0 Å². The quantitative estimate of drug-likeness (QED) is 0.620. The van der Waals surface area contributed by atoms with Gasteiger partial charge in [0.25, 0.3) is 0 Å². The number of morpholine rings is 1. The van der Waals surface area contributed by atoms with Crippen molar-refractivity contribution in [3.8, 4) is 0 Å². The zero-order valence-corrected chi connectivity index (χ0v) is 17.0. The Balaban J connectivity index is 1.47. The van der Waals surface area contributed by atoms with Crippen molar-refractivity contribution in [2.45, 2.75) is 38.0 Å². The third kappa shape index (κ3) is 5.95. The first-order valence-electron chi connectivity index (χ1n) is 9.62. The molecule has 0 spiro atoms. The molecule has 0 unspecified atom stereocenters. The van der Waals surface area contributed by atoms with Crippen LogP contribution in [-0.4, -0.2) is 57.6 Å². The Bertz CT molecular complexity index is 812. The minimum absolute atomic E-state index is 0.122. The maximum absolute atomic E-state index is 12.2. The number of hydrogen-bond donors (Lipinski definition) is 2. The Morgan fingerprint density at radius 2 is 2.04 bits per heavy atom. The molecule has 0 radical (unpaired) electrons. The van der Waals surface area contributed by atoms with E-state index in [2.05, 4.69) is 27.3 Å². The van der Waals surface area contributed by atoms with Gasteiger partial charge in [-0.1, -0.05) is 37.2 Å². The van der Waals surface area contributed by atoms with Crippen molar-refractivity contribution in [3.63, 3.8) is 0 Å². The number of unbranched alkanes of at least 4 members (excludes halogenated alkanes) is 1. The maximum Gasteiger partial charge on any atom is 0.343 e. The van der Waals surface area contributed by atoms with E-state index >= 15 is 0 Å². The fourth-order valence-corrected chi connectivity index (χ4v) is 3.74. The molecule has 1 aromatic heterocycles. The van der Waals surface area contributed by atoms with Crippen LogP contribution in [0.5, 0.6) is 0 Å². The van der Waals surface area contributed by atoms with Crippen LogP contribution in [0.2, 0.25) is 0 Å². The second-order valence-corrected chi connectivity index (χ2v) is 7.68. The number of aromatic nitrogens is 3. The highest BCUT2D eigenvalue weighted by Crippen LogP contribution is 2.16. The predicted octanol–water partition coefficient (Wildman–Crippen LogP) is 1.93. The van der Waals surface area contributed by atoms with Crippen LogP contribution in [0.15, 0.2) is 34.2 Å². The lowest BCUT2D eigenvalue weighted by Crippen LogP contribution is -2.35. The zero-order chi connectivity index (χ0) is 19.8. The van der Waals surface area contributed by atoms with Crippen LogP contribution in [0, 0.1) is 0 Å². The van der Waals surface area contributed by atoms with E-state index in [-0.39, 0.29) is 17.3 Å². The molecule has 1 aliphatic heterocycles. The van der Waals surface area contributed by atoms with E-state index < -0.39 is 0 Å². The van der Waals surface area contributed by atoms with Gasteiger partial charge in [-0.25, -0.2) is 9.89 Å². The Labute approximate surface area is 168 Å². The second kappa shape index (κ2) is 10.4. The Kier molecular flexibility index (Phi) is 7.70. The third-order valence-electron chi connectivity index (χ3n) is 4.54. The van der Waals surface area contributed by atoms with Gasteiger partial charge in [-0.2, -0.15) is 0 Å². The van der Waals surface area contributed by atoms with Crippen molar-refractivity contribution in [1.82, 2.24) is 19.7 Å². The van der Waals surface area contributed by atoms with Gasteiger partial charge < -0.3 is 10.1 Å². The number of nitrogens with one attached hydrogen (secondary N) is 2. The topological polar surface area (TPSA) is 92.2 Å². The molecule has 0 saturated carbocycles. The Morgan fingerprint density at radius 3 is 2.75 bits per heavy atom. The fraction of sp³-hybridized carbons (Fsp3) is 0.526. The van der Waals surface area contributed by atoms with Crippen molar-refractivity contribution in [3.05, 3.63) is 40.3 Å². The van der Waals surface area contributed by atoms with Crippen LogP contribution in [-0.2, 0) is 22.6 Å². The number of ether oxygens (including phenoxy) is 1. The van der Waals surface area contributed by atoms with Gasteiger partial charge in [0, 0.05) is 31.9 Å². The predicted molar refractivity (Wildman–Crippen MR) is 110 cm³/mol. The van der Waals surface area contributed by atoms with E-state index in [4.69, 9.17) is 4.74 Å². The molecule has 2 N–H and O–H groups in total. The molecular weight excluding hydrogens is 378 g/mol. The number of amides is 1. The largest absolute Gasteiger partial charge is 0.379 e. The average Bonchev–Trinajstić information content (AvgIpc) is 3.06. The first-order valence-corrected chi connectivity index (χ1v) is 10.6. The van der Waals surface area contributed by atoms with Crippen molar-refractivity contribution in [1.29, 1.82) is 0 Å². The summed E-state index contributed by atoms with van der Waals surface area (Å²) < 4.78 is 6.95. The minimum atomic E-state index is -0.229. The second-order valence-electron chi connectivity index (χ2n) is 6.74. The molecule has 1 saturated heterocycles. The lowest BCUT2D eigenvalue weighted by molar-refractivity contribution is -0.113. The molecular formula is C19H27N5O3S. The molecule has 1 fully saturated rings. The van der Waals surface area contributed by atoms with Crippen LogP contribution < -0.4 is 11.0 Å². The fourth-order valence-electron chi connectivity index (χ4n) is 2.96. The lowest BCUT2D eigenvalue weighted by Gasteiger charge is -2.26. The molecule has 0 bridgehead atoms. The molecule has 1 aliphatic rings. The van der Waals surface area contributed by atoms with Gasteiger partial charge in [0.2, 0.25) is 5.91 Å². The van der Waals surface area contributed by atoms with Crippen molar-refractivity contribution in [2.75, 3.05) is 37.4 Å². The van der Waals surface area contributed by atoms with E-state index in [9.17, 15) is 9.59 Å². The summed E-state index contributed by atoms with van der Waals surface area (Å²) in [4.78, 5) is 26.4. The van der Waals surface area contributed by atoms with Gasteiger partial charge in [-0.3, -0.25) is 14.3 Å². The molecule has 9 heteroatoms. The SMILES string of the molecule is CCCCn1c(SCC(=O)Nc2ccc(CN3CCOCC3)cc2)n[nH]c1=O. The van der Waals surface area contributed by atoms with Crippen LogP contribution in [0.3, 0.4) is 0 Å². The van der Waals surface area contributed by atoms with Crippen molar-refractivity contribution >= 4 is 23.4 Å². The highest BCUT2D eigenvalue weighted by molar-refractivity contribution is 7.99. The summed E-state index contributed by atoms with van der Waals surface area (Å²) in [5.74, 6) is 0.0785. The Hall–Kier alpha value is -2.10. The summed E-state index contributed by atoms with van der Waals surface area (Å²) in [5.41, 5.74) is 1.75. The molecule has 28 heavy (non-hydrogen) atoms. The van der Waals surface area contributed by atoms with Gasteiger partial charge in [0.15, 0.2) is 5.16 Å². The first kappa shape index (κ1) is 20.6. The number of H-pyrrole nitrogens is 1. The number of anilines is 1. The van der Waals surface area contributed by atoms with Crippen molar-refractivity contribution < 1.29 is 9.53 Å². The van der Waals surface area contributed by atoms with E-state index in [0.29, 0.717) is 11.7 Å². The number of hydrogen-bond acceptors (Lipinski definition) is 6. The number of benzene rings is 1. The molecule has 2 aromatic rings. The number of aromatic amines is 1. The number of thioether (sulfide) groups is 1. The molecule has 1 amide bonds. The summed E-state index contributed by atoms with van der Waals surface area (Å²) in [5, 5.41) is 9.91. The molecule has 1 aromatic carbocycles. The summed E-state index contributed by atoms with van der Waals surface area (Å²) >= 11 is 1.26. The highest BCUT2D eigenvalue weighted by Gasteiger charge is 2.12. The summed E-state index contributed by atoms with van der Waals surface area (Å²) in [6.45, 7) is 7.04. The molecule has 8 nitrogen and oxygen atoms in total. The van der Waals surface area contributed by atoms with E-state index in [1.165, 1.54) is 17.3 Å². The number of carbonyl (C=O) groups excluding carboxylic acids is 1. The Morgan fingerprint density at radius 1 is 1.29 bits per heavy atom. The number of carbonyl (C=O) groups is 1. The van der Waals surface area contributed by atoms with E-state index in [1.54, 1.807) is 4.57 Å². The standard InChI is InChI=1S/C19H27N5O3S/c1-2-3-8-24-18(26)21-22-19(24)28-14-17(25)20-16-6-4-15(5-7-16)13-23-9-11-27-12-10-23/h4-7H,2-3,8-14H2,1H3,(H,20,25)(H,21,26). The van der Waals surface area contributed by atoms with Crippen LogP contribution in [0.25, 0.3) is 0 Å². The van der Waals surface area contributed by atoms with Crippen LogP contribution >= 0.6 is 11.8 Å². The van der Waals surface area contributed by atoms with E-state index in [0.717, 1.165) is 51.4 Å². The van der Waals surface area contributed by atoms with Crippen LogP contribution in [0.1, 0.15) is 25.3 Å².